The summed E-state index contributed by atoms with van der Waals surface area (Å²) in [6.07, 6.45) is 0. The predicted octanol–water partition coefficient (Wildman–Crippen LogP) is 4.14. The molecule has 2 aromatic carbocycles. The summed E-state index contributed by atoms with van der Waals surface area (Å²) in [4.78, 5) is 16.7. The van der Waals surface area contributed by atoms with Gasteiger partial charge in [-0.25, -0.2) is 4.79 Å². The number of methoxy groups -OCH3 is 3. The molecule has 0 spiro atoms. The van der Waals surface area contributed by atoms with Crippen LogP contribution in [0.25, 0.3) is 0 Å². The highest BCUT2D eigenvalue weighted by atomic mass is 79.9. The van der Waals surface area contributed by atoms with E-state index in [1.54, 1.807) is 21.3 Å². The molecule has 0 bridgehead atoms. The van der Waals surface area contributed by atoms with E-state index in [1.807, 2.05) is 42.2 Å². The van der Waals surface area contributed by atoms with Crippen molar-refractivity contribution in [2.75, 3.05) is 57.7 Å². The van der Waals surface area contributed by atoms with Gasteiger partial charge in [-0.1, -0.05) is 15.9 Å². The zero-order valence-electron chi connectivity index (χ0n) is 17.1. The summed E-state index contributed by atoms with van der Waals surface area (Å²) in [5, 5.41) is 3.00. The smallest absolute Gasteiger partial charge is 0.321 e. The molecule has 0 aromatic heterocycles. The molecule has 1 saturated heterocycles. The number of ether oxygens (including phenoxy) is 3. The molecule has 2 aromatic rings. The van der Waals surface area contributed by atoms with Gasteiger partial charge >= 0.3 is 6.03 Å². The third-order valence-electron chi connectivity index (χ3n) is 5.01. The van der Waals surface area contributed by atoms with E-state index in [9.17, 15) is 4.79 Å². The Morgan fingerprint density at radius 2 is 1.59 bits per heavy atom. The van der Waals surface area contributed by atoms with Crippen LogP contribution in [0, 0.1) is 6.92 Å². The van der Waals surface area contributed by atoms with Crippen molar-refractivity contribution >= 4 is 33.3 Å². The number of carbonyl (C=O) groups is 1. The summed E-state index contributed by atoms with van der Waals surface area (Å²) in [6, 6.07) is 9.59. The fraction of sp³-hybridized carbons (Fsp3) is 0.381. The van der Waals surface area contributed by atoms with E-state index in [4.69, 9.17) is 14.2 Å². The summed E-state index contributed by atoms with van der Waals surface area (Å²) in [5.74, 6) is 1.81. The van der Waals surface area contributed by atoms with E-state index in [0.29, 0.717) is 43.4 Å². The number of nitrogens with one attached hydrogen (secondary N) is 1. The lowest BCUT2D eigenvalue weighted by molar-refractivity contribution is 0.208. The predicted molar refractivity (Wildman–Crippen MR) is 118 cm³/mol. The van der Waals surface area contributed by atoms with Crippen LogP contribution in [0.5, 0.6) is 17.2 Å². The summed E-state index contributed by atoms with van der Waals surface area (Å²) in [5.41, 5.74) is 2.82. The van der Waals surface area contributed by atoms with Crippen molar-refractivity contribution in [3.63, 3.8) is 0 Å². The Morgan fingerprint density at radius 3 is 2.10 bits per heavy atom. The Labute approximate surface area is 179 Å². The highest BCUT2D eigenvalue weighted by Gasteiger charge is 2.24. The fourth-order valence-electron chi connectivity index (χ4n) is 3.38. The van der Waals surface area contributed by atoms with Gasteiger partial charge in [-0.3, -0.25) is 0 Å². The Bertz CT molecular complexity index is 857. The first kappa shape index (κ1) is 21.1. The number of hydrogen-bond acceptors (Lipinski definition) is 5. The average molecular weight is 464 g/mol. The molecular weight excluding hydrogens is 438 g/mol. The van der Waals surface area contributed by atoms with Crippen LogP contribution in [0.2, 0.25) is 0 Å². The molecule has 1 aliphatic heterocycles. The van der Waals surface area contributed by atoms with Gasteiger partial charge in [0.05, 0.1) is 21.3 Å². The van der Waals surface area contributed by atoms with Gasteiger partial charge in [0.25, 0.3) is 0 Å². The molecule has 1 fully saturated rings. The number of halogens is 1. The number of urea groups is 1. The van der Waals surface area contributed by atoms with E-state index in [0.717, 1.165) is 21.4 Å². The quantitative estimate of drug-likeness (QED) is 0.721. The highest BCUT2D eigenvalue weighted by molar-refractivity contribution is 9.10. The number of rotatable bonds is 5. The standard InChI is InChI=1S/C21H26BrN3O4/c1-14-11-15(22)5-6-17(14)23-21(26)25-9-7-24(8-10-25)16-12-18(27-2)20(29-4)19(13-16)28-3/h5-6,11-13H,7-10H2,1-4H3,(H,23,26). The van der Waals surface area contributed by atoms with Crippen LogP contribution in [0.15, 0.2) is 34.8 Å². The Kier molecular flexibility index (Phi) is 6.74. The minimum atomic E-state index is -0.0834. The van der Waals surface area contributed by atoms with E-state index in [1.165, 1.54) is 0 Å². The van der Waals surface area contributed by atoms with Gasteiger partial charge in [0, 0.05) is 54.2 Å². The van der Waals surface area contributed by atoms with Crippen molar-refractivity contribution in [1.82, 2.24) is 4.90 Å². The van der Waals surface area contributed by atoms with Crippen LogP contribution in [0.1, 0.15) is 5.56 Å². The number of anilines is 2. The normalized spacial score (nSPS) is 13.8. The van der Waals surface area contributed by atoms with Gasteiger partial charge in [0.2, 0.25) is 5.75 Å². The summed E-state index contributed by atoms with van der Waals surface area (Å²) < 4.78 is 17.3. The fourth-order valence-corrected chi connectivity index (χ4v) is 3.85. The summed E-state index contributed by atoms with van der Waals surface area (Å²) in [6.45, 7) is 4.65. The third kappa shape index (κ3) is 4.70. The van der Waals surface area contributed by atoms with Gasteiger partial charge in [-0.05, 0) is 30.7 Å². The SMILES string of the molecule is COc1cc(N2CCN(C(=O)Nc3ccc(Br)cc3C)CC2)cc(OC)c1OC. The maximum Gasteiger partial charge on any atom is 0.321 e. The number of piperazine rings is 1. The summed E-state index contributed by atoms with van der Waals surface area (Å²) in [7, 11) is 4.80. The molecule has 7 nitrogen and oxygen atoms in total. The van der Waals surface area contributed by atoms with Gasteiger partial charge in [-0.2, -0.15) is 0 Å². The maximum atomic E-state index is 12.7. The Balaban J connectivity index is 1.66. The molecule has 0 radical (unpaired) electrons. The molecule has 8 heteroatoms. The van der Waals surface area contributed by atoms with E-state index in [2.05, 4.69) is 26.1 Å². The van der Waals surface area contributed by atoms with Crippen LogP contribution in [0.3, 0.4) is 0 Å². The Morgan fingerprint density at radius 1 is 0.966 bits per heavy atom. The molecule has 0 saturated carbocycles. The molecule has 1 heterocycles. The van der Waals surface area contributed by atoms with Crippen molar-refractivity contribution in [2.45, 2.75) is 6.92 Å². The first-order valence-electron chi connectivity index (χ1n) is 9.34. The number of benzene rings is 2. The highest BCUT2D eigenvalue weighted by Crippen LogP contribution is 2.41. The lowest BCUT2D eigenvalue weighted by Gasteiger charge is -2.36. The van der Waals surface area contributed by atoms with Crippen LogP contribution in [-0.2, 0) is 0 Å². The number of aryl methyl sites for hydroxylation is 1. The van der Waals surface area contributed by atoms with Gasteiger partial charge in [0.15, 0.2) is 11.5 Å². The second kappa shape index (κ2) is 9.26. The van der Waals surface area contributed by atoms with Gasteiger partial charge < -0.3 is 29.3 Å². The molecule has 156 valence electrons. The monoisotopic (exact) mass is 463 g/mol. The van der Waals surface area contributed by atoms with Crippen LogP contribution < -0.4 is 24.4 Å². The molecule has 0 aliphatic carbocycles. The third-order valence-corrected chi connectivity index (χ3v) is 5.50. The maximum absolute atomic E-state index is 12.7. The zero-order valence-corrected chi connectivity index (χ0v) is 18.7. The minimum absolute atomic E-state index is 0.0834. The van der Waals surface area contributed by atoms with Crippen molar-refractivity contribution < 1.29 is 19.0 Å². The molecule has 3 rings (SSSR count). The molecular formula is C21H26BrN3O4. The molecule has 0 unspecified atom stereocenters. The van der Waals surface area contributed by atoms with Crippen molar-refractivity contribution in [1.29, 1.82) is 0 Å². The zero-order chi connectivity index (χ0) is 21.0. The van der Waals surface area contributed by atoms with E-state index in [-0.39, 0.29) is 6.03 Å². The first-order valence-corrected chi connectivity index (χ1v) is 10.1. The minimum Gasteiger partial charge on any atom is -0.493 e. The second-order valence-electron chi connectivity index (χ2n) is 6.75. The van der Waals surface area contributed by atoms with E-state index < -0.39 is 0 Å². The summed E-state index contributed by atoms with van der Waals surface area (Å²) >= 11 is 3.44. The molecule has 1 N–H and O–H groups in total. The Hall–Kier alpha value is -2.61. The number of carbonyl (C=O) groups excluding carboxylic acids is 1. The van der Waals surface area contributed by atoms with Crippen molar-refractivity contribution in [3.8, 4) is 17.2 Å². The van der Waals surface area contributed by atoms with Gasteiger partial charge in [-0.15, -0.1) is 0 Å². The van der Waals surface area contributed by atoms with Gasteiger partial charge in [0.1, 0.15) is 0 Å². The van der Waals surface area contributed by atoms with E-state index >= 15 is 0 Å². The average Bonchev–Trinajstić information content (AvgIpc) is 2.74. The number of hydrogen-bond donors (Lipinski definition) is 1. The van der Waals surface area contributed by atoms with Crippen LogP contribution >= 0.6 is 15.9 Å². The van der Waals surface area contributed by atoms with Crippen LogP contribution in [0.4, 0.5) is 16.2 Å². The van der Waals surface area contributed by atoms with Crippen LogP contribution in [-0.4, -0.2) is 58.4 Å². The molecule has 29 heavy (non-hydrogen) atoms. The molecule has 2 amide bonds. The second-order valence-corrected chi connectivity index (χ2v) is 7.66. The largest absolute Gasteiger partial charge is 0.493 e. The van der Waals surface area contributed by atoms with Crippen molar-refractivity contribution in [2.24, 2.45) is 0 Å². The topological polar surface area (TPSA) is 63.3 Å². The lowest BCUT2D eigenvalue weighted by atomic mass is 10.2. The number of amides is 2. The first-order chi connectivity index (χ1) is 14.0. The molecule has 1 aliphatic rings. The molecule has 0 atom stereocenters. The number of nitrogens with zero attached hydrogens (tertiary/aromatic N) is 2. The van der Waals surface area contributed by atoms with Crippen molar-refractivity contribution in [3.05, 3.63) is 40.4 Å². The lowest BCUT2D eigenvalue weighted by Crippen LogP contribution is -2.50.